The Kier molecular flexibility index (Phi) is 4.57. The number of hydrogen-bond acceptors (Lipinski definition) is 2. The maximum atomic E-state index is 10.2. The molecule has 1 aliphatic rings. The molecule has 0 aliphatic carbocycles. The Morgan fingerprint density at radius 1 is 1.29 bits per heavy atom. The largest absolute Gasteiger partial charge is 0.388 e. The highest BCUT2D eigenvalue weighted by Crippen LogP contribution is 2.24. The fourth-order valence-electron chi connectivity index (χ4n) is 2.35. The van der Waals surface area contributed by atoms with Gasteiger partial charge in [-0.25, -0.2) is 0 Å². The Morgan fingerprint density at radius 3 is 2.65 bits per heavy atom. The van der Waals surface area contributed by atoms with Crippen LogP contribution in [0.15, 0.2) is 24.3 Å². The molecule has 1 aliphatic heterocycles. The Bertz CT molecular complexity index is 325. The summed E-state index contributed by atoms with van der Waals surface area (Å²) in [5.41, 5.74) is 2.33. The Morgan fingerprint density at radius 2 is 2.06 bits per heavy atom. The summed E-state index contributed by atoms with van der Waals surface area (Å²) in [6.45, 7) is 2.99. The summed E-state index contributed by atoms with van der Waals surface area (Å²) < 4.78 is 5.65. The van der Waals surface area contributed by atoms with E-state index in [0.29, 0.717) is 0 Å². The van der Waals surface area contributed by atoms with Crippen LogP contribution < -0.4 is 0 Å². The second kappa shape index (κ2) is 6.18. The number of hydrogen-bond donors (Lipinski definition) is 1. The molecule has 0 aromatic heterocycles. The van der Waals surface area contributed by atoms with Crippen LogP contribution in [-0.2, 0) is 11.2 Å². The normalized spacial score (nSPS) is 22.4. The van der Waals surface area contributed by atoms with Gasteiger partial charge in [-0.05, 0) is 36.8 Å². The molecule has 0 saturated carbocycles. The summed E-state index contributed by atoms with van der Waals surface area (Å²) >= 11 is 0. The molecule has 1 fully saturated rings. The molecule has 2 nitrogen and oxygen atoms in total. The molecule has 2 heteroatoms. The zero-order valence-electron chi connectivity index (χ0n) is 10.6. The number of aliphatic hydroxyl groups is 1. The van der Waals surface area contributed by atoms with Gasteiger partial charge in [-0.2, -0.15) is 0 Å². The molecule has 17 heavy (non-hydrogen) atoms. The lowest BCUT2D eigenvalue weighted by Gasteiger charge is -2.24. The SMILES string of the molecule is CCc1ccc(C(O)CC2CCCCO2)cc1. The van der Waals surface area contributed by atoms with Crippen molar-refractivity contribution in [2.24, 2.45) is 0 Å². The summed E-state index contributed by atoms with van der Waals surface area (Å²) in [6.07, 6.45) is 5.11. The van der Waals surface area contributed by atoms with Crippen LogP contribution in [0.3, 0.4) is 0 Å². The van der Waals surface area contributed by atoms with E-state index in [2.05, 4.69) is 19.1 Å². The molecular weight excluding hydrogens is 212 g/mol. The van der Waals surface area contributed by atoms with Gasteiger partial charge in [0.15, 0.2) is 0 Å². The van der Waals surface area contributed by atoms with Crippen molar-refractivity contribution in [3.8, 4) is 0 Å². The van der Waals surface area contributed by atoms with E-state index in [1.165, 1.54) is 12.0 Å². The second-order valence-corrected chi connectivity index (χ2v) is 4.84. The van der Waals surface area contributed by atoms with Crippen molar-refractivity contribution in [2.45, 2.75) is 51.2 Å². The van der Waals surface area contributed by atoms with E-state index in [1.807, 2.05) is 12.1 Å². The van der Waals surface area contributed by atoms with Gasteiger partial charge in [0.05, 0.1) is 12.2 Å². The molecule has 0 amide bonds. The monoisotopic (exact) mass is 234 g/mol. The van der Waals surface area contributed by atoms with Crippen molar-refractivity contribution in [1.82, 2.24) is 0 Å². The predicted octanol–water partition coefficient (Wildman–Crippen LogP) is 3.24. The molecule has 0 bridgehead atoms. The van der Waals surface area contributed by atoms with E-state index in [9.17, 15) is 5.11 Å². The quantitative estimate of drug-likeness (QED) is 0.866. The minimum atomic E-state index is -0.385. The van der Waals surface area contributed by atoms with E-state index < -0.39 is 0 Å². The van der Waals surface area contributed by atoms with E-state index in [1.54, 1.807) is 0 Å². The highest BCUT2D eigenvalue weighted by atomic mass is 16.5. The molecule has 2 unspecified atom stereocenters. The molecule has 0 spiro atoms. The number of aryl methyl sites for hydroxylation is 1. The summed E-state index contributed by atoms with van der Waals surface area (Å²) in [7, 11) is 0. The average Bonchev–Trinajstić information content (AvgIpc) is 2.40. The van der Waals surface area contributed by atoms with Crippen molar-refractivity contribution in [3.05, 3.63) is 35.4 Å². The first-order valence-corrected chi connectivity index (χ1v) is 6.68. The van der Waals surface area contributed by atoms with Gasteiger partial charge in [0, 0.05) is 13.0 Å². The lowest BCUT2D eigenvalue weighted by Crippen LogP contribution is -2.21. The van der Waals surface area contributed by atoms with Crippen LogP contribution in [0.1, 0.15) is 49.8 Å². The first-order valence-electron chi connectivity index (χ1n) is 6.68. The van der Waals surface area contributed by atoms with Crippen molar-refractivity contribution in [1.29, 1.82) is 0 Å². The smallest absolute Gasteiger partial charge is 0.0814 e. The molecule has 2 rings (SSSR count). The van der Waals surface area contributed by atoms with Crippen LogP contribution in [0.5, 0.6) is 0 Å². The highest BCUT2D eigenvalue weighted by molar-refractivity contribution is 5.24. The van der Waals surface area contributed by atoms with Crippen LogP contribution in [0.25, 0.3) is 0 Å². The van der Waals surface area contributed by atoms with Crippen LogP contribution in [0.2, 0.25) is 0 Å². The highest BCUT2D eigenvalue weighted by Gasteiger charge is 2.18. The van der Waals surface area contributed by atoms with Gasteiger partial charge < -0.3 is 9.84 Å². The van der Waals surface area contributed by atoms with Gasteiger partial charge in [0.25, 0.3) is 0 Å². The van der Waals surface area contributed by atoms with Crippen LogP contribution in [0.4, 0.5) is 0 Å². The molecular formula is C15H22O2. The van der Waals surface area contributed by atoms with Gasteiger partial charge in [-0.15, -0.1) is 0 Å². The van der Waals surface area contributed by atoms with Crippen molar-refractivity contribution >= 4 is 0 Å². The minimum absolute atomic E-state index is 0.240. The fourth-order valence-corrected chi connectivity index (χ4v) is 2.35. The lowest BCUT2D eigenvalue weighted by molar-refractivity contribution is -0.0155. The molecule has 1 saturated heterocycles. The summed E-state index contributed by atoms with van der Waals surface area (Å²) in [5, 5.41) is 10.2. The summed E-state index contributed by atoms with van der Waals surface area (Å²) in [6, 6.07) is 8.26. The van der Waals surface area contributed by atoms with Gasteiger partial charge in [-0.3, -0.25) is 0 Å². The lowest BCUT2D eigenvalue weighted by atomic mass is 9.98. The topological polar surface area (TPSA) is 29.5 Å². The van der Waals surface area contributed by atoms with Crippen molar-refractivity contribution in [3.63, 3.8) is 0 Å². The van der Waals surface area contributed by atoms with Crippen LogP contribution >= 0.6 is 0 Å². The molecule has 94 valence electrons. The van der Waals surface area contributed by atoms with Gasteiger partial charge in [0.2, 0.25) is 0 Å². The number of rotatable bonds is 4. The van der Waals surface area contributed by atoms with E-state index >= 15 is 0 Å². The summed E-state index contributed by atoms with van der Waals surface area (Å²) in [5.74, 6) is 0. The third-order valence-corrected chi connectivity index (χ3v) is 3.53. The third-order valence-electron chi connectivity index (χ3n) is 3.53. The number of ether oxygens (including phenoxy) is 1. The first kappa shape index (κ1) is 12.6. The fraction of sp³-hybridized carbons (Fsp3) is 0.600. The Hall–Kier alpha value is -0.860. The molecule has 1 heterocycles. The molecule has 2 atom stereocenters. The maximum Gasteiger partial charge on any atom is 0.0814 e. The molecule has 1 aromatic carbocycles. The Labute approximate surface area is 104 Å². The zero-order valence-corrected chi connectivity index (χ0v) is 10.6. The Balaban J connectivity index is 1.91. The van der Waals surface area contributed by atoms with Gasteiger partial charge in [-0.1, -0.05) is 31.2 Å². The molecule has 1 N–H and O–H groups in total. The van der Waals surface area contributed by atoms with Crippen LogP contribution in [-0.4, -0.2) is 17.8 Å². The third kappa shape index (κ3) is 3.55. The average molecular weight is 234 g/mol. The second-order valence-electron chi connectivity index (χ2n) is 4.84. The first-order chi connectivity index (χ1) is 8.29. The zero-order chi connectivity index (χ0) is 12.1. The predicted molar refractivity (Wildman–Crippen MR) is 69.0 cm³/mol. The number of aliphatic hydroxyl groups excluding tert-OH is 1. The minimum Gasteiger partial charge on any atom is -0.388 e. The van der Waals surface area contributed by atoms with Gasteiger partial charge in [0.1, 0.15) is 0 Å². The van der Waals surface area contributed by atoms with E-state index in [0.717, 1.165) is 37.9 Å². The standard InChI is InChI=1S/C15H22O2/c1-2-12-6-8-13(9-7-12)15(16)11-14-5-3-4-10-17-14/h6-9,14-16H,2-5,10-11H2,1H3. The molecule has 0 radical (unpaired) electrons. The van der Waals surface area contributed by atoms with E-state index in [4.69, 9.17) is 4.74 Å². The number of benzene rings is 1. The van der Waals surface area contributed by atoms with E-state index in [-0.39, 0.29) is 12.2 Å². The van der Waals surface area contributed by atoms with Crippen molar-refractivity contribution in [2.75, 3.05) is 6.61 Å². The maximum absolute atomic E-state index is 10.2. The summed E-state index contributed by atoms with van der Waals surface area (Å²) in [4.78, 5) is 0. The van der Waals surface area contributed by atoms with Crippen molar-refractivity contribution < 1.29 is 9.84 Å². The van der Waals surface area contributed by atoms with Crippen LogP contribution in [0, 0.1) is 0 Å². The molecule has 1 aromatic rings. The van der Waals surface area contributed by atoms with Gasteiger partial charge >= 0.3 is 0 Å².